The molecule has 3 rings (SSSR count). The van der Waals surface area contributed by atoms with Crippen LogP contribution in [0.2, 0.25) is 0 Å². The Morgan fingerprint density at radius 2 is 2.13 bits per heavy atom. The Morgan fingerprint density at radius 1 is 1.35 bits per heavy atom. The topological polar surface area (TPSA) is 58.4 Å². The minimum absolute atomic E-state index is 0.0466. The van der Waals surface area contributed by atoms with Crippen molar-refractivity contribution in [3.05, 3.63) is 54.6 Å². The number of hydrogen-bond acceptors (Lipinski definition) is 3. The standard InChI is InChI=1S/C18H21N3O2/c1-14-8-10-20(12-17(14)22)18(23)7-4-15-2-5-16(6-3-15)21-11-9-19-13-21/h2-7,9,11,13-14,17,22H,8,10,12H2,1H3/b7-4+. The van der Waals surface area contributed by atoms with Crippen LogP contribution in [-0.2, 0) is 4.79 Å². The lowest BCUT2D eigenvalue weighted by Crippen LogP contribution is -2.45. The van der Waals surface area contributed by atoms with Gasteiger partial charge in [-0.3, -0.25) is 4.79 Å². The van der Waals surface area contributed by atoms with Crippen molar-refractivity contribution in [3.63, 3.8) is 0 Å². The van der Waals surface area contributed by atoms with Crippen LogP contribution in [0.5, 0.6) is 0 Å². The number of likely N-dealkylation sites (tertiary alicyclic amines) is 1. The number of aliphatic hydroxyl groups is 1. The van der Waals surface area contributed by atoms with Crippen LogP contribution in [0.4, 0.5) is 0 Å². The normalized spacial score (nSPS) is 21.7. The molecule has 1 aliphatic heterocycles. The van der Waals surface area contributed by atoms with Gasteiger partial charge < -0.3 is 14.6 Å². The zero-order chi connectivity index (χ0) is 16.2. The summed E-state index contributed by atoms with van der Waals surface area (Å²) >= 11 is 0. The average molecular weight is 311 g/mol. The third-order valence-corrected chi connectivity index (χ3v) is 4.34. The molecular formula is C18H21N3O2. The molecule has 23 heavy (non-hydrogen) atoms. The number of imidazole rings is 1. The van der Waals surface area contributed by atoms with Crippen LogP contribution in [0.15, 0.2) is 49.1 Å². The molecule has 1 fully saturated rings. The number of piperidine rings is 1. The average Bonchev–Trinajstić information content (AvgIpc) is 3.10. The second kappa shape index (κ2) is 6.79. The molecule has 2 aromatic rings. The lowest BCUT2D eigenvalue weighted by Gasteiger charge is -2.33. The zero-order valence-electron chi connectivity index (χ0n) is 13.2. The minimum atomic E-state index is -0.421. The van der Waals surface area contributed by atoms with Gasteiger partial charge >= 0.3 is 0 Å². The van der Waals surface area contributed by atoms with Gasteiger partial charge in [-0.2, -0.15) is 0 Å². The van der Waals surface area contributed by atoms with E-state index in [2.05, 4.69) is 4.98 Å². The van der Waals surface area contributed by atoms with Crippen molar-refractivity contribution in [1.82, 2.24) is 14.5 Å². The first-order valence-electron chi connectivity index (χ1n) is 7.87. The number of rotatable bonds is 3. The van der Waals surface area contributed by atoms with Crippen molar-refractivity contribution in [1.29, 1.82) is 0 Å². The summed E-state index contributed by atoms with van der Waals surface area (Å²) in [5.74, 6) is 0.216. The summed E-state index contributed by atoms with van der Waals surface area (Å²) in [7, 11) is 0. The Morgan fingerprint density at radius 3 is 2.78 bits per heavy atom. The molecule has 2 atom stereocenters. The molecular weight excluding hydrogens is 290 g/mol. The van der Waals surface area contributed by atoms with E-state index < -0.39 is 6.10 Å². The van der Waals surface area contributed by atoms with Crippen LogP contribution < -0.4 is 0 Å². The van der Waals surface area contributed by atoms with E-state index in [1.54, 1.807) is 23.5 Å². The SMILES string of the molecule is CC1CCN(C(=O)/C=C/c2ccc(-n3ccnc3)cc2)CC1O. The molecule has 0 radical (unpaired) electrons. The predicted octanol–water partition coefficient (Wildman–Crippen LogP) is 2.11. The van der Waals surface area contributed by atoms with E-state index in [0.29, 0.717) is 13.1 Å². The monoisotopic (exact) mass is 311 g/mol. The van der Waals surface area contributed by atoms with Crippen LogP contribution in [-0.4, -0.2) is 44.7 Å². The quantitative estimate of drug-likeness (QED) is 0.883. The Balaban J connectivity index is 1.62. The number of carbonyl (C=O) groups excluding carboxylic acids is 1. The van der Waals surface area contributed by atoms with E-state index in [-0.39, 0.29) is 11.8 Å². The van der Waals surface area contributed by atoms with Gasteiger partial charge in [-0.25, -0.2) is 4.98 Å². The largest absolute Gasteiger partial charge is 0.391 e. The van der Waals surface area contributed by atoms with E-state index in [1.165, 1.54) is 0 Å². The molecule has 1 saturated heterocycles. The Bertz CT molecular complexity index is 677. The maximum absolute atomic E-state index is 12.2. The van der Waals surface area contributed by atoms with Gasteiger partial charge in [-0.1, -0.05) is 19.1 Å². The summed E-state index contributed by atoms with van der Waals surface area (Å²) in [6.45, 7) is 3.15. The number of hydrogen-bond donors (Lipinski definition) is 1. The summed E-state index contributed by atoms with van der Waals surface area (Å²) in [6, 6.07) is 7.90. The van der Waals surface area contributed by atoms with Crippen LogP contribution in [0.1, 0.15) is 18.9 Å². The van der Waals surface area contributed by atoms with Crippen molar-refractivity contribution in [2.24, 2.45) is 5.92 Å². The van der Waals surface area contributed by atoms with Crippen LogP contribution >= 0.6 is 0 Å². The van der Waals surface area contributed by atoms with E-state index in [1.807, 2.05) is 48.0 Å². The summed E-state index contributed by atoms with van der Waals surface area (Å²) in [5, 5.41) is 9.88. The molecule has 1 N–H and O–H groups in total. The van der Waals surface area contributed by atoms with Gasteiger partial charge in [0.2, 0.25) is 5.91 Å². The fraction of sp³-hybridized carbons (Fsp3) is 0.333. The van der Waals surface area contributed by atoms with Gasteiger partial charge in [0.05, 0.1) is 12.4 Å². The van der Waals surface area contributed by atoms with E-state index in [4.69, 9.17) is 0 Å². The first kappa shape index (κ1) is 15.5. The molecule has 0 aliphatic carbocycles. The van der Waals surface area contributed by atoms with Gasteiger partial charge in [0.1, 0.15) is 0 Å². The molecule has 120 valence electrons. The number of aliphatic hydroxyl groups excluding tert-OH is 1. The van der Waals surface area contributed by atoms with Crippen molar-refractivity contribution in [2.45, 2.75) is 19.4 Å². The van der Waals surface area contributed by atoms with Crippen molar-refractivity contribution in [2.75, 3.05) is 13.1 Å². The lowest BCUT2D eigenvalue weighted by molar-refractivity contribution is -0.130. The molecule has 1 aliphatic rings. The second-order valence-corrected chi connectivity index (χ2v) is 6.01. The maximum atomic E-state index is 12.2. The van der Waals surface area contributed by atoms with E-state index in [0.717, 1.165) is 17.7 Å². The highest BCUT2D eigenvalue weighted by Crippen LogP contribution is 2.17. The Kier molecular flexibility index (Phi) is 4.57. The van der Waals surface area contributed by atoms with Crippen LogP contribution in [0.25, 0.3) is 11.8 Å². The smallest absolute Gasteiger partial charge is 0.246 e. The number of β-amino-alcohol motifs (C(OH)–C–C–N with tert-alkyl or cyclic N) is 1. The number of amides is 1. The van der Waals surface area contributed by atoms with Gasteiger partial charge in [-0.15, -0.1) is 0 Å². The highest BCUT2D eigenvalue weighted by molar-refractivity contribution is 5.91. The first-order chi connectivity index (χ1) is 11.1. The van der Waals surface area contributed by atoms with Crippen molar-refractivity contribution in [3.8, 4) is 5.69 Å². The third-order valence-electron chi connectivity index (χ3n) is 4.34. The van der Waals surface area contributed by atoms with E-state index >= 15 is 0 Å². The third kappa shape index (κ3) is 3.68. The number of nitrogens with zero attached hydrogens (tertiary/aromatic N) is 3. The number of benzene rings is 1. The molecule has 2 heterocycles. The van der Waals surface area contributed by atoms with Gasteiger partial charge in [0.15, 0.2) is 0 Å². The molecule has 1 amide bonds. The lowest BCUT2D eigenvalue weighted by atomic mass is 9.96. The van der Waals surface area contributed by atoms with Crippen molar-refractivity contribution < 1.29 is 9.90 Å². The Hall–Kier alpha value is -2.40. The first-order valence-corrected chi connectivity index (χ1v) is 7.87. The molecule has 1 aromatic carbocycles. The molecule has 5 heteroatoms. The zero-order valence-corrected chi connectivity index (χ0v) is 13.2. The van der Waals surface area contributed by atoms with E-state index in [9.17, 15) is 9.90 Å². The molecule has 0 spiro atoms. The summed E-state index contributed by atoms with van der Waals surface area (Å²) in [4.78, 5) is 17.9. The molecule has 0 bridgehead atoms. The second-order valence-electron chi connectivity index (χ2n) is 6.01. The van der Waals surface area contributed by atoms with Gasteiger partial charge in [0.25, 0.3) is 0 Å². The molecule has 0 saturated carbocycles. The highest BCUT2D eigenvalue weighted by Gasteiger charge is 2.26. The Labute approximate surface area is 135 Å². The van der Waals surface area contributed by atoms with Gasteiger partial charge in [0, 0.05) is 37.2 Å². The summed E-state index contributed by atoms with van der Waals surface area (Å²) < 4.78 is 1.93. The van der Waals surface area contributed by atoms with Crippen molar-refractivity contribution >= 4 is 12.0 Å². The van der Waals surface area contributed by atoms with Gasteiger partial charge in [-0.05, 0) is 36.1 Å². The number of carbonyl (C=O) groups is 1. The highest BCUT2D eigenvalue weighted by atomic mass is 16.3. The fourth-order valence-corrected chi connectivity index (χ4v) is 2.69. The molecule has 5 nitrogen and oxygen atoms in total. The minimum Gasteiger partial charge on any atom is -0.391 e. The molecule has 2 unspecified atom stereocenters. The predicted molar refractivity (Wildman–Crippen MR) is 89.0 cm³/mol. The maximum Gasteiger partial charge on any atom is 0.246 e. The summed E-state index contributed by atoms with van der Waals surface area (Å²) in [6.07, 6.45) is 9.18. The number of aromatic nitrogens is 2. The fourth-order valence-electron chi connectivity index (χ4n) is 2.69. The molecule has 1 aromatic heterocycles. The summed E-state index contributed by atoms with van der Waals surface area (Å²) in [5.41, 5.74) is 1.99. The van der Waals surface area contributed by atoms with Crippen LogP contribution in [0, 0.1) is 5.92 Å². The van der Waals surface area contributed by atoms with Crippen LogP contribution in [0.3, 0.4) is 0 Å².